The van der Waals surface area contributed by atoms with Gasteiger partial charge in [-0.15, -0.1) is 6.58 Å². The largest absolute Gasteiger partial charge is 0.389 e. The van der Waals surface area contributed by atoms with Crippen LogP contribution < -0.4 is 0 Å². The number of hydrogen-bond donors (Lipinski definition) is 1. The lowest BCUT2D eigenvalue weighted by molar-refractivity contribution is 0.0554. The van der Waals surface area contributed by atoms with E-state index in [2.05, 4.69) is 11.3 Å². The number of nitrogens with zero attached hydrogens (tertiary/aromatic N) is 1. The highest BCUT2D eigenvalue weighted by atomic mass is 32.2. The molecular weight excluding hydrogens is 206 g/mol. The van der Waals surface area contributed by atoms with Crippen LogP contribution >= 0.6 is 0 Å². The third kappa shape index (κ3) is 4.71. The first-order chi connectivity index (χ1) is 6.44. The molecule has 0 aromatic heterocycles. The Hall–Kier alpha value is -0.430. The molecule has 0 amide bonds. The van der Waals surface area contributed by atoms with Crippen LogP contribution in [-0.2, 0) is 14.8 Å². The van der Waals surface area contributed by atoms with Gasteiger partial charge in [-0.3, -0.25) is 0 Å². The van der Waals surface area contributed by atoms with Crippen LogP contribution in [0.3, 0.4) is 0 Å². The lowest BCUT2D eigenvalue weighted by Gasteiger charge is -2.19. The predicted octanol–water partition coefficient (Wildman–Crippen LogP) is -0.559. The van der Waals surface area contributed by atoms with Crippen LogP contribution in [0.1, 0.15) is 0 Å². The van der Waals surface area contributed by atoms with Crippen molar-refractivity contribution in [3.05, 3.63) is 12.7 Å². The van der Waals surface area contributed by atoms with Gasteiger partial charge in [-0.1, -0.05) is 6.08 Å². The summed E-state index contributed by atoms with van der Waals surface area (Å²) in [7, 11) is -0.464. The van der Waals surface area contributed by atoms with Crippen molar-refractivity contribution in [3.63, 3.8) is 0 Å². The lowest BCUT2D eigenvalue weighted by Crippen LogP contribution is -2.37. The lowest BCUT2D eigenvalue weighted by atomic mass is 10.4. The smallest absolute Gasteiger partial charge is 0.217 e. The molecule has 0 rings (SSSR count). The Bertz CT molecular complexity index is 263. The van der Waals surface area contributed by atoms with E-state index in [1.54, 1.807) is 0 Å². The number of hydrogen-bond acceptors (Lipinski definition) is 4. The van der Waals surface area contributed by atoms with E-state index in [4.69, 9.17) is 0 Å². The van der Waals surface area contributed by atoms with Crippen molar-refractivity contribution in [2.24, 2.45) is 0 Å². The number of aliphatic hydroxyl groups excluding tert-OH is 1. The highest BCUT2D eigenvalue weighted by Crippen LogP contribution is 2.00. The fourth-order valence-electron chi connectivity index (χ4n) is 0.932. The summed E-state index contributed by atoms with van der Waals surface area (Å²) in [5.41, 5.74) is 0. The molecule has 84 valence electrons. The zero-order chi connectivity index (χ0) is 11.2. The van der Waals surface area contributed by atoms with E-state index < -0.39 is 16.1 Å². The van der Waals surface area contributed by atoms with E-state index in [1.807, 2.05) is 0 Å². The van der Waals surface area contributed by atoms with E-state index in [0.29, 0.717) is 0 Å². The average molecular weight is 223 g/mol. The summed E-state index contributed by atoms with van der Waals surface area (Å²) < 4.78 is 28.5. The van der Waals surface area contributed by atoms with Crippen LogP contribution in [0, 0.1) is 0 Å². The van der Waals surface area contributed by atoms with Crippen molar-refractivity contribution >= 4 is 10.0 Å². The number of likely N-dealkylation sites (N-methyl/N-ethyl adjacent to an activating group) is 1. The van der Waals surface area contributed by atoms with Crippen LogP contribution in [0.4, 0.5) is 0 Å². The Balaban J connectivity index is 4.19. The van der Waals surface area contributed by atoms with Crippen LogP contribution in [0.2, 0.25) is 0 Å². The topological polar surface area (TPSA) is 66.8 Å². The van der Waals surface area contributed by atoms with Gasteiger partial charge in [-0.25, -0.2) is 12.7 Å². The van der Waals surface area contributed by atoms with E-state index in [1.165, 1.54) is 20.2 Å². The molecule has 1 N–H and O–H groups in total. The first kappa shape index (κ1) is 13.6. The normalized spacial score (nSPS) is 14.3. The summed E-state index contributed by atoms with van der Waals surface area (Å²) >= 11 is 0. The molecule has 0 heterocycles. The van der Waals surface area contributed by atoms with Gasteiger partial charge < -0.3 is 9.84 Å². The van der Waals surface area contributed by atoms with Gasteiger partial charge in [0.05, 0.1) is 18.5 Å². The Labute approximate surface area is 85.0 Å². The molecule has 14 heavy (non-hydrogen) atoms. The molecule has 0 saturated carbocycles. The Morgan fingerprint density at radius 2 is 2.21 bits per heavy atom. The van der Waals surface area contributed by atoms with E-state index in [-0.39, 0.29) is 18.9 Å². The summed E-state index contributed by atoms with van der Waals surface area (Å²) in [6, 6.07) is 0. The molecule has 0 aliphatic rings. The first-order valence-electron chi connectivity index (χ1n) is 4.16. The second-order valence-corrected chi connectivity index (χ2v) is 5.08. The first-order valence-corrected chi connectivity index (χ1v) is 5.77. The summed E-state index contributed by atoms with van der Waals surface area (Å²) in [5, 5.41) is 9.29. The molecule has 0 bridgehead atoms. The maximum absolute atomic E-state index is 11.4. The fourth-order valence-corrected chi connectivity index (χ4v) is 1.88. The molecule has 0 fully saturated rings. The number of sulfonamides is 1. The maximum Gasteiger partial charge on any atom is 0.217 e. The molecule has 0 radical (unpaired) electrons. The van der Waals surface area contributed by atoms with Crippen LogP contribution in [0.25, 0.3) is 0 Å². The van der Waals surface area contributed by atoms with Gasteiger partial charge in [0, 0.05) is 20.7 Å². The minimum Gasteiger partial charge on any atom is -0.389 e. The monoisotopic (exact) mass is 223 g/mol. The van der Waals surface area contributed by atoms with Gasteiger partial charge in [0.25, 0.3) is 0 Å². The highest BCUT2D eigenvalue weighted by Gasteiger charge is 2.18. The number of aliphatic hydroxyl groups is 1. The molecule has 0 aliphatic carbocycles. The number of ether oxygens (including phenoxy) is 1. The molecule has 1 unspecified atom stereocenters. The average Bonchev–Trinajstić information content (AvgIpc) is 2.04. The van der Waals surface area contributed by atoms with Gasteiger partial charge >= 0.3 is 0 Å². The third-order valence-electron chi connectivity index (χ3n) is 1.63. The van der Waals surface area contributed by atoms with Gasteiger partial charge in [0.15, 0.2) is 0 Å². The summed E-state index contributed by atoms with van der Waals surface area (Å²) in [4.78, 5) is 0. The SMILES string of the molecule is C=CCS(=O)(=O)N(C)CC(O)COC. The molecule has 0 spiro atoms. The van der Waals surface area contributed by atoms with Gasteiger partial charge in [-0.2, -0.15) is 0 Å². The molecule has 0 aromatic carbocycles. The van der Waals surface area contributed by atoms with Crippen LogP contribution in [0.5, 0.6) is 0 Å². The van der Waals surface area contributed by atoms with E-state index >= 15 is 0 Å². The van der Waals surface area contributed by atoms with Crippen molar-refractivity contribution in [1.29, 1.82) is 0 Å². The second-order valence-electron chi connectivity index (χ2n) is 2.96. The van der Waals surface area contributed by atoms with Gasteiger partial charge in [0.2, 0.25) is 10.0 Å². The second kappa shape index (κ2) is 6.13. The van der Waals surface area contributed by atoms with Crippen molar-refractivity contribution in [2.75, 3.05) is 33.1 Å². The molecule has 6 heteroatoms. The zero-order valence-electron chi connectivity index (χ0n) is 8.51. The summed E-state index contributed by atoms with van der Waals surface area (Å²) in [5.74, 6) is -0.122. The molecule has 0 aliphatic heterocycles. The maximum atomic E-state index is 11.4. The van der Waals surface area contributed by atoms with Crippen molar-refractivity contribution in [3.8, 4) is 0 Å². The van der Waals surface area contributed by atoms with Crippen molar-refractivity contribution in [2.45, 2.75) is 6.10 Å². The standard InChI is InChI=1S/C8H17NO4S/c1-4-5-14(11,12)9(2)6-8(10)7-13-3/h4,8,10H,1,5-7H2,2-3H3. The Kier molecular flexibility index (Phi) is 5.94. The van der Waals surface area contributed by atoms with E-state index in [0.717, 1.165) is 4.31 Å². The molecule has 0 aromatic rings. The quantitative estimate of drug-likeness (QED) is 0.588. The number of methoxy groups -OCH3 is 1. The minimum absolute atomic E-state index is 0.0318. The summed E-state index contributed by atoms with van der Waals surface area (Å²) in [6.07, 6.45) is 0.513. The third-order valence-corrected chi connectivity index (χ3v) is 3.39. The molecular formula is C8H17NO4S. The summed E-state index contributed by atoms with van der Waals surface area (Å²) in [6.45, 7) is 3.50. The van der Waals surface area contributed by atoms with Crippen molar-refractivity contribution < 1.29 is 18.3 Å². The Morgan fingerprint density at radius 1 is 1.64 bits per heavy atom. The fraction of sp³-hybridized carbons (Fsp3) is 0.750. The van der Waals surface area contributed by atoms with Gasteiger partial charge in [-0.05, 0) is 0 Å². The van der Waals surface area contributed by atoms with Crippen molar-refractivity contribution in [1.82, 2.24) is 4.31 Å². The zero-order valence-corrected chi connectivity index (χ0v) is 9.33. The Morgan fingerprint density at radius 3 is 2.64 bits per heavy atom. The number of rotatable bonds is 7. The van der Waals surface area contributed by atoms with Gasteiger partial charge in [0.1, 0.15) is 0 Å². The van der Waals surface area contributed by atoms with Crippen LogP contribution in [0.15, 0.2) is 12.7 Å². The molecule has 5 nitrogen and oxygen atoms in total. The molecule has 1 atom stereocenters. The molecule has 0 saturated heterocycles. The highest BCUT2D eigenvalue weighted by molar-refractivity contribution is 7.89. The van der Waals surface area contributed by atoms with Crippen LogP contribution in [-0.4, -0.2) is 57.0 Å². The van der Waals surface area contributed by atoms with E-state index in [9.17, 15) is 13.5 Å². The predicted molar refractivity (Wildman–Crippen MR) is 54.5 cm³/mol. The minimum atomic E-state index is -3.32.